The first-order valence-corrected chi connectivity index (χ1v) is 4.15. The second-order valence-corrected chi connectivity index (χ2v) is 2.53. The van der Waals surface area contributed by atoms with E-state index in [1.165, 1.54) is 0 Å². The van der Waals surface area contributed by atoms with Crippen LogP contribution in [0.1, 0.15) is 5.69 Å². The van der Waals surface area contributed by atoms with E-state index in [4.69, 9.17) is 10.8 Å². The number of hydrogen-bond donors (Lipinski definition) is 4. The Hall–Kier alpha value is -2.10. The summed E-state index contributed by atoms with van der Waals surface area (Å²) >= 11 is 0. The molecule has 0 bridgehead atoms. The third-order valence-electron chi connectivity index (χ3n) is 1.53. The van der Waals surface area contributed by atoms with E-state index in [1.807, 2.05) is 24.5 Å². The molecule has 72 valence electrons. The SMILES string of the molecule is N=CC(=N)c1ccc[nH]1.c1cc[nH]c1. The van der Waals surface area contributed by atoms with Crippen molar-refractivity contribution < 1.29 is 0 Å². The summed E-state index contributed by atoms with van der Waals surface area (Å²) in [6.45, 7) is 0. The lowest BCUT2D eigenvalue weighted by Gasteiger charge is -1.87. The van der Waals surface area contributed by atoms with Gasteiger partial charge in [0.1, 0.15) is 0 Å². The smallest absolute Gasteiger partial charge is 0.0950 e. The van der Waals surface area contributed by atoms with Gasteiger partial charge in [-0.25, -0.2) is 0 Å². The van der Waals surface area contributed by atoms with Crippen LogP contribution in [0.25, 0.3) is 0 Å². The molecule has 2 heterocycles. The van der Waals surface area contributed by atoms with Gasteiger partial charge in [0.25, 0.3) is 0 Å². The Balaban J connectivity index is 0.000000165. The van der Waals surface area contributed by atoms with Crippen molar-refractivity contribution in [3.8, 4) is 0 Å². The first-order chi connectivity index (χ1) is 6.84. The van der Waals surface area contributed by atoms with Gasteiger partial charge in [0.15, 0.2) is 0 Å². The van der Waals surface area contributed by atoms with Crippen molar-refractivity contribution in [2.75, 3.05) is 0 Å². The molecule has 2 aromatic heterocycles. The Morgan fingerprint density at radius 3 is 2.21 bits per heavy atom. The molecule has 0 atom stereocenters. The normalized spacial score (nSPS) is 8.57. The van der Waals surface area contributed by atoms with Crippen LogP contribution in [0.2, 0.25) is 0 Å². The van der Waals surface area contributed by atoms with E-state index in [0.29, 0.717) is 5.69 Å². The molecule has 0 saturated carbocycles. The van der Waals surface area contributed by atoms with Crippen LogP contribution >= 0.6 is 0 Å². The maximum Gasteiger partial charge on any atom is 0.0950 e. The molecular formula is C10H12N4. The van der Waals surface area contributed by atoms with Gasteiger partial charge in [-0.3, -0.25) is 5.41 Å². The second-order valence-electron chi connectivity index (χ2n) is 2.53. The van der Waals surface area contributed by atoms with Crippen LogP contribution in [0, 0.1) is 10.8 Å². The largest absolute Gasteiger partial charge is 0.368 e. The summed E-state index contributed by atoms with van der Waals surface area (Å²) in [4.78, 5) is 5.67. The van der Waals surface area contributed by atoms with E-state index in [9.17, 15) is 0 Å². The number of aromatic nitrogens is 2. The molecule has 0 unspecified atom stereocenters. The number of rotatable bonds is 2. The lowest BCUT2D eigenvalue weighted by molar-refractivity contribution is 1.35. The molecule has 4 heteroatoms. The monoisotopic (exact) mass is 188 g/mol. The van der Waals surface area contributed by atoms with Gasteiger partial charge in [-0.1, -0.05) is 0 Å². The van der Waals surface area contributed by atoms with Gasteiger partial charge in [-0.15, -0.1) is 0 Å². The van der Waals surface area contributed by atoms with Crippen molar-refractivity contribution >= 4 is 11.9 Å². The Morgan fingerprint density at radius 1 is 1.14 bits per heavy atom. The fourth-order valence-electron chi connectivity index (χ4n) is 0.853. The Labute approximate surface area is 82.0 Å². The first-order valence-electron chi connectivity index (χ1n) is 4.15. The molecule has 2 rings (SSSR count). The van der Waals surface area contributed by atoms with Crippen molar-refractivity contribution in [1.82, 2.24) is 9.97 Å². The van der Waals surface area contributed by atoms with Crippen LogP contribution < -0.4 is 0 Å². The van der Waals surface area contributed by atoms with Gasteiger partial charge in [0.05, 0.1) is 11.4 Å². The van der Waals surface area contributed by atoms with Crippen LogP contribution in [0.5, 0.6) is 0 Å². The minimum atomic E-state index is 0.208. The highest BCUT2D eigenvalue weighted by molar-refractivity contribution is 6.35. The van der Waals surface area contributed by atoms with E-state index in [1.54, 1.807) is 18.3 Å². The minimum absolute atomic E-state index is 0.208. The predicted molar refractivity (Wildman–Crippen MR) is 57.2 cm³/mol. The zero-order valence-corrected chi connectivity index (χ0v) is 7.62. The molecular weight excluding hydrogens is 176 g/mol. The summed E-state index contributed by atoms with van der Waals surface area (Å²) in [5, 5.41) is 13.8. The average molecular weight is 188 g/mol. The van der Waals surface area contributed by atoms with Gasteiger partial charge in [-0.05, 0) is 24.3 Å². The number of H-pyrrole nitrogens is 2. The van der Waals surface area contributed by atoms with E-state index in [0.717, 1.165) is 6.21 Å². The van der Waals surface area contributed by atoms with E-state index < -0.39 is 0 Å². The molecule has 4 nitrogen and oxygen atoms in total. The van der Waals surface area contributed by atoms with Crippen LogP contribution in [0.3, 0.4) is 0 Å². The maximum atomic E-state index is 7.12. The van der Waals surface area contributed by atoms with Crippen LogP contribution in [-0.2, 0) is 0 Å². The topological polar surface area (TPSA) is 79.3 Å². The second kappa shape index (κ2) is 5.53. The van der Waals surface area contributed by atoms with Crippen molar-refractivity contribution in [2.24, 2.45) is 0 Å². The van der Waals surface area contributed by atoms with E-state index in [-0.39, 0.29) is 5.71 Å². The minimum Gasteiger partial charge on any atom is -0.368 e. The molecule has 0 aromatic carbocycles. The van der Waals surface area contributed by atoms with E-state index >= 15 is 0 Å². The zero-order valence-electron chi connectivity index (χ0n) is 7.62. The molecule has 0 aliphatic carbocycles. The molecule has 0 aliphatic heterocycles. The number of nitrogens with one attached hydrogen (secondary N) is 4. The van der Waals surface area contributed by atoms with Gasteiger partial charge < -0.3 is 15.4 Å². The fraction of sp³-hybridized carbons (Fsp3) is 0. The van der Waals surface area contributed by atoms with Crippen molar-refractivity contribution in [2.45, 2.75) is 0 Å². The molecule has 2 aromatic rings. The fourth-order valence-corrected chi connectivity index (χ4v) is 0.853. The highest BCUT2D eigenvalue weighted by Crippen LogP contribution is 1.92. The summed E-state index contributed by atoms with van der Waals surface area (Å²) < 4.78 is 0. The van der Waals surface area contributed by atoms with Crippen LogP contribution in [0.15, 0.2) is 42.9 Å². The summed E-state index contributed by atoms with van der Waals surface area (Å²) in [5.74, 6) is 0. The lowest BCUT2D eigenvalue weighted by atomic mass is 10.3. The molecule has 0 saturated heterocycles. The summed E-state index contributed by atoms with van der Waals surface area (Å²) in [5.41, 5.74) is 0.894. The van der Waals surface area contributed by atoms with Gasteiger partial charge in [0.2, 0.25) is 0 Å². The van der Waals surface area contributed by atoms with Crippen LogP contribution in [-0.4, -0.2) is 21.9 Å². The average Bonchev–Trinajstić information content (AvgIpc) is 2.91. The Kier molecular flexibility index (Phi) is 3.94. The first kappa shape index (κ1) is 9.98. The lowest BCUT2D eigenvalue weighted by Crippen LogP contribution is -1.98. The molecule has 0 fully saturated rings. The predicted octanol–water partition coefficient (Wildman–Crippen LogP) is 2.05. The highest BCUT2D eigenvalue weighted by Gasteiger charge is 1.93. The van der Waals surface area contributed by atoms with Crippen molar-refractivity contribution in [1.29, 1.82) is 10.8 Å². The number of hydrogen-bond acceptors (Lipinski definition) is 2. The molecule has 14 heavy (non-hydrogen) atoms. The highest BCUT2D eigenvalue weighted by atomic mass is 14.7. The summed E-state index contributed by atoms with van der Waals surface area (Å²) in [7, 11) is 0. The molecule has 0 spiro atoms. The molecule has 4 N–H and O–H groups in total. The molecule has 0 aliphatic rings. The standard InChI is InChI=1S/C6H7N3.C4H5N/c7-4-5(8)6-2-1-3-9-6;1-2-4-5-3-1/h1-4,7-9H;1-5H. The maximum absolute atomic E-state index is 7.12. The van der Waals surface area contributed by atoms with Gasteiger partial charge >= 0.3 is 0 Å². The Morgan fingerprint density at radius 2 is 1.86 bits per heavy atom. The summed E-state index contributed by atoms with van der Waals surface area (Å²) in [6, 6.07) is 7.45. The third kappa shape index (κ3) is 3.10. The van der Waals surface area contributed by atoms with Crippen LogP contribution in [0.4, 0.5) is 0 Å². The van der Waals surface area contributed by atoms with Gasteiger partial charge in [0, 0.05) is 24.8 Å². The van der Waals surface area contributed by atoms with Gasteiger partial charge in [-0.2, -0.15) is 0 Å². The van der Waals surface area contributed by atoms with Crippen molar-refractivity contribution in [3.05, 3.63) is 48.5 Å². The molecule has 0 amide bonds. The molecule has 0 radical (unpaired) electrons. The van der Waals surface area contributed by atoms with Crippen molar-refractivity contribution in [3.63, 3.8) is 0 Å². The number of aromatic amines is 2. The quantitative estimate of drug-likeness (QED) is 0.520. The van der Waals surface area contributed by atoms with E-state index in [2.05, 4.69) is 9.97 Å². The Bertz CT molecular complexity index is 342. The third-order valence-corrected chi connectivity index (χ3v) is 1.53. The zero-order chi connectivity index (χ0) is 10.2. The summed E-state index contributed by atoms with van der Waals surface area (Å²) in [6.07, 6.45) is 6.49.